The standard InChI is InChI=1S/C10H9NO3S/c12-7-1-2-8-15-10-5-3-9(4-6-10)11(13)14/h3-6,12H,7-8H2. The number of nitro groups is 1. The fraction of sp³-hybridized carbons (Fsp3) is 0.200. The minimum atomic E-state index is -0.431. The molecule has 0 saturated heterocycles. The lowest BCUT2D eigenvalue weighted by Crippen LogP contribution is -1.86. The van der Waals surface area contributed by atoms with Gasteiger partial charge in [-0.1, -0.05) is 11.8 Å². The van der Waals surface area contributed by atoms with Crippen LogP contribution in [0.3, 0.4) is 0 Å². The van der Waals surface area contributed by atoms with Crippen LogP contribution < -0.4 is 0 Å². The smallest absolute Gasteiger partial charge is 0.269 e. The Morgan fingerprint density at radius 1 is 1.33 bits per heavy atom. The highest BCUT2D eigenvalue weighted by molar-refractivity contribution is 7.99. The Bertz CT molecular complexity index is 391. The molecule has 0 aromatic heterocycles. The first-order chi connectivity index (χ1) is 7.24. The van der Waals surface area contributed by atoms with Crippen molar-refractivity contribution in [2.45, 2.75) is 4.90 Å². The van der Waals surface area contributed by atoms with Gasteiger partial charge in [-0.25, -0.2) is 0 Å². The number of hydrogen-bond acceptors (Lipinski definition) is 4. The van der Waals surface area contributed by atoms with Gasteiger partial charge < -0.3 is 5.11 Å². The highest BCUT2D eigenvalue weighted by Crippen LogP contribution is 2.20. The molecule has 1 aromatic carbocycles. The molecule has 0 spiro atoms. The van der Waals surface area contributed by atoms with Gasteiger partial charge in [0.25, 0.3) is 5.69 Å². The van der Waals surface area contributed by atoms with Crippen LogP contribution in [0, 0.1) is 22.0 Å². The summed E-state index contributed by atoms with van der Waals surface area (Å²) in [4.78, 5) is 10.9. The number of aliphatic hydroxyl groups is 1. The molecule has 15 heavy (non-hydrogen) atoms. The summed E-state index contributed by atoms with van der Waals surface area (Å²) in [5.41, 5.74) is 0.0841. The van der Waals surface area contributed by atoms with Gasteiger partial charge in [-0.3, -0.25) is 10.1 Å². The van der Waals surface area contributed by atoms with E-state index in [9.17, 15) is 10.1 Å². The van der Waals surface area contributed by atoms with Gasteiger partial charge in [-0.2, -0.15) is 0 Å². The lowest BCUT2D eigenvalue weighted by Gasteiger charge is -1.96. The monoisotopic (exact) mass is 223 g/mol. The average Bonchev–Trinajstić information content (AvgIpc) is 2.25. The fourth-order valence-corrected chi connectivity index (χ4v) is 1.56. The summed E-state index contributed by atoms with van der Waals surface area (Å²) in [5.74, 6) is 5.84. The summed E-state index contributed by atoms with van der Waals surface area (Å²) in [7, 11) is 0. The first-order valence-electron chi connectivity index (χ1n) is 4.18. The van der Waals surface area contributed by atoms with Gasteiger partial charge in [0.05, 0.1) is 10.7 Å². The predicted octanol–water partition coefficient (Wildman–Crippen LogP) is 1.68. The molecular weight excluding hydrogens is 214 g/mol. The second kappa shape index (κ2) is 6.06. The Labute approximate surface area is 91.5 Å². The zero-order valence-corrected chi connectivity index (χ0v) is 8.66. The number of hydrogen-bond donors (Lipinski definition) is 1. The number of non-ortho nitro benzene ring substituents is 1. The van der Waals surface area contributed by atoms with Crippen LogP contribution in [0.2, 0.25) is 0 Å². The molecule has 4 nitrogen and oxygen atoms in total. The van der Waals surface area contributed by atoms with E-state index in [1.165, 1.54) is 23.9 Å². The Morgan fingerprint density at radius 2 is 2.00 bits per heavy atom. The first-order valence-corrected chi connectivity index (χ1v) is 5.16. The lowest BCUT2D eigenvalue weighted by atomic mass is 10.3. The van der Waals surface area contributed by atoms with Crippen LogP contribution >= 0.6 is 11.8 Å². The van der Waals surface area contributed by atoms with E-state index in [0.29, 0.717) is 5.75 Å². The van der Waals surface area contributed by atoms with Crippen LogP contribution in [0.1, 0.15) is 0 Å². The molecule has 0 fully saturated rings. The number of rotatable bonds is 3. The summed E-state index contributed by atoms with van der Waals surface area (Å²) >= 11 is 1.47. The van der Waals surface area contributed by atoms with Crippen molar-refractivity contribution in [1.82, 2.24) is 0 Å². The van der Waals surface area contributed by atoms with E-state index in [1.807, 2.05) is 0 Å². The summed E-state index contributed by atoms with van der Waals surface area (Å²) in [6, 6.07) is 6.29. The fourth-order valence-electron chi connectivity index (χ4n) is 0.890. The van der Waals surface area contributed by atoms with Gasteiger partial charge in [0.1, 0.15) is 6.61 Å². The Balaban J connectivity index is 2.53. The quantitative estimate of drug-likeness (QED) is 0.366. The molecule has 0 atom stereocenters. The zero-order chi connectivity index (χ0) is 11.1. The highest BCUT2D eigenvalue weighted by atomic mass is 32.2. The highest BCUT2D eigenvalue weighted by Gasteiger charge is 2.03. The third kappa shape index (κ3) is 4.02. The van der Waals surface area contributed by atoms with E-state index in [2.05, 4.69) is 11.8 Å². The normalized spacial score (nSPS) is 9.13. The molecule has 1 rings (SSSR count). The lowest BCUT2D eigenvalue weighted by molar-refractivity contribution is -0.384. The van der Waals surface area contributed by atoms with E-state index < -0.39 is 4.92 Å². The molecule has 0 heterocycles. The minimum absolute atomic E-state index is 0.0841. The van der Waals surface area contributed by atoms with Crippen molar-refractivity contribution >= 4 is 17.4 Å². The van der Waals surface area contributed by atoms with Gasteiger partial charge in [-0.05, 0) is 12.1 Å². The maximum atomic E-state index is 10.4. The number of aliphatic hydroxyl groups excluding tert-OH is 1. The molecule has 78 valence electrons. The molecule has 5 heteroatoms. The van der Waals surface area contributed by atoms with E-state index in [0.717, 1.165) is 4.90 Å². The third-order valence-electron chi connectivity index (χ3n) is 1.56. The average molecular weight is 223 g/mol. The van der Waals surface area contributed by atoms with Crippen LogP contribution in [0.4, 0.5) is 5.69 Å². The van der Waals surface area contributed by atoms with Crippen LogP contribution in [0.15, 0.2) is 29.2 Å². The molecule has 0 aliphatic heterocycles. The minimum Gasteiger partial charge on any atom is -0.384 e. The van der Waals surface area contributed by atoms with E-state index >= 15 is 0 Å². The second-order valence-electron chi connectivity index (χ2n) is 2.55. The van der Waals surface area contributed by atoms with Gasteiger partial charge in [0, 0.05) is 17.0 Å². The van der Waals surface area contributed by atoms with Gasteiger partial charge in [-0.15, -0.1) is 11.8 Å². The number of benzene rings is 1. The SMILES string of the molecule is O=[N+]([O-])c1ccc(SCC#CCO)cc1. The third-order valence-corrected chi connectivity index (χ3v) is 2.46. The molecule has 0 bridgehead atoms. The second-order valence-corrected chi connectivity index (χ2v) is 3.60. The molecular formula is C10H9NO3S. The topological polar surface area (TPSA) is 63.4 Å². The van der Waals surface area contributed by atoms with Crippen LogP contribution in [-0.2, 0) is 0 Å². The van der Waals surface area contributed by atoms with Crippen molar-refractivity contribution in [2.75, 3.05) is 12.4 Å². The number of nitrogens with zero attached hydrogens (tertiary/aromatic N) is 1. The van der Waals surface area contributed by atoms with E-state index in [1.54, 1.807) is 12.1 Å². The molecule has 0 aliphatic carbocycles. The molecule has 0 amide bonds. The molecule has 1 aromatic rings. The molecule has 0 saturated carbocycles. The Kier molecular flexibility index (Phi) is 4.68. The maximum absolute atomic E-state index is 10.4. The van der Waals surface area contributed by atoms with Crippen molar-refractivity contribution in [3.05, 3.63) is 34.4 Å². The summed E-state index contributed by atoms with van der Waals surface area (Å²) < 4.78 is 0. The maximum Gasteiger partial charge on any atom is 0.269 e. The Hall–Kier alpha value is -1.51. The van der Waals surface area contributed by atoms with Gasteiger partial charge in [0.15, 0.2) is 0 Å². The van der Waals surface area contributed by atoms with E-state index in [-0.39, 0.29) is 12.3 Å². The van der Waals surface area contributed by atoms with Gasteiger partial charge in [0.2, 0.25) is 0 Å². The predicted molar refractivity (Wildman–Crippen MR) is 58.7 cm³/mol. The number of nitro benzene ring substituents is 1. The summed E-state index contributed by atoms with van der Waals surface area (Å²) in [6.45, 7) is -0.138. The van der Waals surface area contributed by atoms with Crippen molar-refractivity contribution in [3.8, 4) is 11.8 Å². The molecule has 0 unspecified atom stereocenters. The van der Waals surface area contributed by atoms with Crippen molar-refractivity contribution in [3.63, 3.8) is 0 Å². The van der Waals surface area contributed by atoms with Crippen molar-refractivity contribution < 1.29 is 10.0 Å². The van der Waals surface area contributed by atoms with E-state index in [4.69, 9.17) is 5.11 Å². The van der Waals surface area contributed by atoms with Crippen molar-refractivity contribution in [1.29, 1.82) is 0 Å². The largest absolute Gasteiger partial charge is 0.384 e. The molecule has 0 radical (unpaired) electrons. The van der Waals surface area contributed by atoms with Gasteiger partial charge >= 0.3 is 0 Å². The summed E-state index contributed by atoms with van der Waals surface area (Å²) in [6.07, 6.45) is 0. The van der Waals surface area contributed by atoms with Crippen LogP contribution in [0.5, 0.6) is 0 Å². The Morgan fingerprint density at radius 3 is 2.53 bits per heavy atom. The van der Waals surface area contributed by atoms with Crippen LogP contribution in [0.25, 0.3) is 0 Å². The van der Waals surface area contributed by atoms with Crippen molar-refractivity contribution in [2.24, 2.45) is 0 Å². The molecule has 0 aliphatic rings. The zero-order valence-electron chi connectivity index (χ0n) is 7.84. The first kappa shape index (κ1) is 11.6. The molecule has 1 N–H and O–H groups in total. The van der Waals surface area contributed by atoms with Crippen LogP contribution in [-0.4, -0.2) is 22.4 Å². The summed E-state index contributed by atoms with van der Waals surface area (Å²) in [5, 5.41) is 18.8. The number of thioether (sulfide) groups is 1.